The largest absolute Gasteiger partial charge is 0.505 e. The number of nitrogens with zero attached hydrogens (tertiary/aromatic N) is 9. The number of amides is 3. The molecular formula is C72H98N12O17. The van der Waals surface area contributed by atoms with E-state index in [9.17, 15) is 58.5 Å². The van der Waals surface area contributed by atoms with Crippen LogP contribution in [0, 0.1) is 5.41 Å². The molecule has 0 bridgehead atoms. The second-order valence-electron chi connectivity index (χ2n) is 27.3. The number of aromatic nitrogens is 9. The second-order valence-corrected chi connectivity index (χ2v) is 27.3. The Hall–Kier alpha value is -10.1. The van der Waals surface area contributed by atoms with E-state index in [0.717, 1.165) is 24.8 Å². The Morgan fingerprint density at radius 1 is 0.446 bits per heavy atom. The van der Waals surface area contributed by atoms with Crippen LogP contribution in [0.4, 0.5) is 14.4 Å². The Morgan fingerprint density at radius 3 is 1.08 bits per heavy atom. The molecule has 7 rings (SSSR count). The van der Waals surface area contributed by atoms with Gasteiger partial charge in [0.25, 0.3) is 0 Å². The summed E-state index contributed by atoms with van der Waals surface area (Å²) in [7, 11) is 0. The molecule has 6 N–H and O–H groups in total. The van der Waals surface area contributed by atoms with Gasteiger partial charge < -0.3 is 55.0 Å². The van der Waals surface area contributed by atoms with Crippen molar-refractivity contribution in [1.82, 2.24) is 59.6 Å². The lowest BCUT2D eigenvalue weighted by Crippen LogP contribution is -2.54. The summed E-state index contributed by atoms with van der Waals surface area (Å²) in [4.78, 5) is 119. The summed E-state index contributed by atoms with van der Waals surface area (Å²) in [6.07, 6.45) is 5.38. The van der Waals surface area contributed by atoms with Gasteiger partial charge in [0, 0.05) is 63.2 Å². The maximum Gasteiger partial charge on any atom is 0.407 e. The number of ether oxygens (including phenoxy) is 5. The van der Waals surface area contributed by atoms with Gasteiger partial charge in [-0.15, -0.1) is 30.0 Å². The summed E-state index contributed by atoms with van der Waals surface area (Å²) in [6, 6.07) is 21.9. The fraction of sp³-hybridized carbons (Fsp3) is 0.542. The molecule has 0 saturated heterocycles. The number of fused-ring (bicyclic) bond motifs is 2. The quantitative estimate of drug-likeness (QED) is 0.0119. The maximum absolute atomic E-state index is 13.9. The Labute approximate surface area is 585 Å². The highest BCUT2D eigenvalue weighted by atomic mass is 16.6. The average Bonchev–Trinajstić information content (AvgIpc) is 1.29. The molecule has 1 atom stereocenters. The molecule has 0 fully saturated rings. The van der Waals surface area contributed by atoms with Crippen molar-refractivity contribution in [2.75, 3.05) is 52.7 Å². The third-order valence-corrected chi connectivity index (χ3v) is 17.3. The Kier molecular flexibility index (Phi) is 29.0. The molecule has 7 aromatic rings. The van der Waals surface area contributed by atoms with Crippen molar-refractivity contribution in [2.45, 2.75) is 195 Å². The topological polar surface area (TPSA) is 373 Å². The van der Waals surface area contributed by atoms with Crippen LogP contribution in [0.2, 0.25) is 0 Å². The monoisotopic (exact) mass is 1400 g/mol. The number of alkyl carbamates (subject to hydrolysis) is 3. The van der Waals surface area contributed by atoms with Crippen molar-refractivity contribution in [3.63, 3.8) is 0 Å². The van der Waals surface area contributed by atoms with Crippen molar-refractivity contribution in [1.29, 1.82) is 0 Å². The van der Waals surface area contributed by atoms with Gasteiger partial charge in [0.05, 0.1) is 5.41 Å². The van der Waals surface area contributed by atoms with Gasteiger partial charge in [-0.25, -0.2) is 42.5 Å². The maximum atomic E-state index is 13.9. The molecule has 101 heavy (non-hydrogen) atoms. The van der Waals surface area contributed by atoms with Crippen LogP contribution in [-0.4, -0.2) is 148 Å². The predicted octanol–water partition coefficient (Wildman–Crippen LogP) is 9.36. The molecule has 1 unspecified atom stereocenters. The molecule has 0 aliphatic rings. The number of aromatic hydroxyl groups is 2. The first kappa shape index (κ1) is 78.3. The van der Waals surface area contributed by atoms with E-state index in [0.29, 0.717) is 134 Å². The molecule has 3 aromatic heterocycles. The highest BCUT2D eigenvalue weighted by molar-refractivity contribution is 5.76. The number of esters is 2. The number of carbonyl (C=O) groups excluding carboxylic acids is 5. The van der Waals surface area contributed by atoms with E-state index in [1.165, 1.54) is 16.5 Å². The number of nitrogens with one attached hydrogen (secondary N) is 3. The van der Waals surface area contributed by atoms with Crippen molar-refractivity contribution in [3.05, 3.63) is 127 Å². The number of hydrogen-bond acceptors (Lipinski definition) is 20. The summed E-state index contributed by atoms with van der Waals surface area (Å²) in [5.41, 5.74) is 2.10. The first-order valence-corrected chi connectivity index (χ1v) is 34.8. The van der Waals surface area contributed by atoms with Crippen LogP contribution < -0.4 is 33.0 Å². The minimum absolute atomic E-state index is 0.0302. The summed E-state index contributed by atoms with van der Waals surface area (Å²) in [5, 5.41) is 58.1. The molecule has 4 aromatic carbocycles. The van der Waals surface area contributed by atoms with Gasteiger partial charge in [-0.1, -0.05) is 123 Å². The van der Waals surface area contributed by atoms with Crippen molar-refractivity contribution >= 4 is 58.3 Å². The van der Waals surface area contributed by atoms with Crippen LogP contribution in [0.1, 0.15) is 174 Å². The number of unbranched alkanes of at least 4 members (excludes halogenated alkanes) is 9. The van der Waals surface area contributed by atoms with Crippen LogP contribution in [0.15, 0.2) is 87.2 Å². The van der Waals surface area contributed by atoms with E-state index >= 15 is 0 Å². The molecule has 0 spiro atoms. The lowest BCUT2D eigenvalue weighted by Gasteiger charge is -2.23. The smallest absolute Gasteiger partial charge is 0.407 e. The van der Waals surface area contributed by atoms with Crippen LogP contribution in [0.5, 0.6) is 11.5 Å². The number of aliphatic carboxylic acids is 1. The third-order valence-electron chi connectivity index (χ3n) is 17.3. The summed E-state index contributed by atoms with van der Waals surface area (Å²) in [6.45, 7) is 15.0. The zero-order valence-electron chi connectivity index (χ0n) is 59.3. The minimum Gasteiger partial charge on any atom is -0.505 e. The number of hydrogen-bond donors (Lipinski definition) is 6. The van der Waals surface area contributed by atoms with Gasteiger partial charge in [0.15, 0.2) is 0 Å². The van der Waals surface area contributed by atoms with Crippen LogP contribution in [-0.2, 0) is 81.4 Å². The number of phenolic OH excluding ortho intramolecular Hbond substituents is 2. The third kappa shape index (κ3) is 23.2. The highest BCUT2D eigenvalue weighted by Crippen LogP contribution is 2.38. The lowest BCUT2D eigenvalue weighted by molar-refractivity contribution is -0.150. The van der Waals surface area contributed by atoms with Crippen LogP contribution >= 0.6 is 0 Å². The number of carboxylic acid groups (broad SMARTS) is 1. The lowest BCUT2D eigenvalue weighted by atomic mass is 9.84. The predicted molar refractivity (Wildman–Crippen MR) is 376 cm³/mol. The molecule has 0 radical (unpaired) electrons. The standard InChI is InChI=1S/C72H98N12O17/c1-9-72(8,63(89)90)48-101-66(93)75-36-22-12-15-25-39-82-68(95)80(37-23-13-10-20-34-73-64(91)99-42-40-97-59(85)32-30-49-44-51(70(2,3)4)61(87)57(46-49)83-76-53-26-16-17-27-54(53)77-83)67(94)81(69(82)96)38-24-14-11-21-35-74-65(92)100-43-41-98-60(86)33-31-50-45-52(71(5,6)7)62(88)58(47-50)84-78-55-28-18-19-29-56(55)79-84/h16-19,26-29,44-47,87-88H,9-15,20-25,30-43,48H2,1-8H3,(H,73,91)(H,74,92)(H,75,93)(H,89,90). The molecule has 0 aliphatic carbocycles. The molecule has 548 valence electrons. The van der Waals surface area contributed by atoms with Gasteiger partial charge in [0.2, 0.25) is 0 Å². The van der Waals surface area contributed by atoms with Gasteiger partial charge in [0.1, 0.15) is 78.0 Å². The van der Waals surface area contributed by atoms with E-state index < -0.39 is 69.5 Å². The summed E-state index contributed by atoms with van der Waals surface area (Å²) < 4.78 is 29.5. The van der Waals surface area contributed by atoms with Crippen molar-refractivity contribution in [2.24, 2.45) is 5.41 Å². The van der Waals surface area contributed by atoms with Gasteiger partial charge in [-0.3, -0.25) is 14.4 Å². The van der Waals surface area contributed by atoms with E-state index in [1.54, 1.807) is 19.1 Å². The first-order valence-electron chi connectivity index (χ1n) is 34.8. The van der Waals surface area contributed by atoms with Gasteiger partial charge >= 0.3 is 53.3 Å². The van der Waals surface area contributed by atoms with Crippen molar-refractivity contribution in [3.8, 4) is 22.9 Å². The first-order chi connectivity index (χ1) is 48.2. The number of phenols is 2. The zero-order valence-corrected chi connectivity index (χ0v) is 59.3. The van der Waals surface area contributed by atoms with Gasteiger partial charge in [-0.2, -0.15) is 0 Å². The fourth-order valence-electron chi connectivity index (χ4n) is 11.0. The molecule has 29 heteroatoms. The number of carbonyl (C=O) groups is 6. The van der Waals surface area contributed by atoms with E-state index in [1.807, 2.05) is 102 Å². The number of rotatable bonds is 39. The normalized spacial score (nSPS) is 12.2. The SMILES string of the molecule is CCC(C)(COC(=O)NCCCCCCn1c(=O)n(CCCCCCNC(=O)OCCOC(=O)CCc2cc(-n3nc4ccccc4n3)c(O)c(C(C)(C)C)c2)c(=O)n(CCCCCCNC(=O)OCCOC(=O)CCc2cc(-n3nc4ccccc4n3)c(O)c(C(C)(C)C)c2)c1=O)C(=O)O. The molecule has 0 aliphatic heterocycles. The highest BCUT2D eigenvalue weighted by Gasteiger charge is 2.33. The zero-order chi connectivity index (χ0) is 73.3. The Bertz CT molecular complexity index is 3860. The molecule has 0 saturated carbocycles. The molecule has 29 nitrogen and oxygen atoms in total. The summed E-state index contributed by atoms with van der Waals surface area (Å²) in [5.74, 6) is -1.97. The van der Waals surface area contributed by atoms with Gasteiger partial charge in [-0.05, 0) is 123 Å². The van der Waals surface area contributed by atoms with E-state index in [-0.39, 0.29) is 103 Å². The Balaban J connectivity index is 0.805. The minimum atomic E-state index is -1.20. The van der Waals surface area contributed by atoms with E-state index in [2.05, 4.69) is 36.3 Å². The van der Waals surface area contributed by atoms with Crippen molar-refractivity contribution < 1.29 is 67.8 Å². The second kappa shape index (κ2) is 37.4. The van der Waals surface area contributed by atoms with E-state index in [4.69, 9.17) is 23.7 Å². The fourth-order valence-corrected chi connectivity index (χ4v) is 11.0. The van der Waals surface area contributed by atoms with Crippen LogP contribution in [0.3, 0.4) is 0 Å². The molecular weight excluding hydrogens is 1300 g/mol. The molecule has 3 amide bonds. The molecule has 3 heterocycles. The number of benzene rings is 4. The van der Waals surface area contributed by atoms with Crippen LogP contribution in [0.25, 0.3) is 33.4 Å². The summed E-state index contributed by atoms with van der Waals surface area (Å²) >= 11 is 0. The number of aryl methyl sites for hydroxylation is 2. The average molecular weight is 1400 g/mol. The Morgan fingerprint density at radius 2 is 0.762 bits per heavy atom. The number of carboxylic acids is 1.